The molecule has 1 aromatic rings. The third-order valence-electron chi connectivity index (χ3n) is 3.30. The molecule has 0 aliphatic heterocycles. The van der Waals surface area contributed by atoms with E-state index in [9.17, 15) is 9.59 Å². The van der Waals surface area contributed by atoms with Gasteiger partial charge < -0.3 is 10.6 Å². The molecule has 0 aliphatic carbocycles. The lowest BCUT2D eigenvalue weighted by Crippen LogP contribution is -2.41. The summed E-state index contributed by atoms with van der Waals surface area (Å²) in [7, 11) is 0. The maximum Gasteiger partial charge on any atom is 0.239 e. The molecular formula is C17H26N2O2. The first-order valence-corrected chi connectivity index (χ1v) is 7.71. The van der Waals surface area contributed by atoms with Crippen LogP contribution in [0.2, 0.25) is 0 Å². The number of carbonyl (C=O) groups is 2. The number of carbonyl (C=O) groups excluding carboxylic acids is 2. The number of unbranched alkanes of at least 4 members (excludes halogenated alkanes) is 2. The fraction of sp³-hybridized carbons (Fsp3) is 0.529. The van der Waals surface area contributed by atoms with Crippen LogP contribution >= 0.6 is 0 Å². The van der Waals surface area contributed by atoms with E-state index >= 15 is 0 Å². The highest BCUT2D eigenvalue weighted by Gasteiger charge is 2.09. The summed E-state index contributed by atoms with van der Waals surface area (Å²) in [4.78, 5) is 23.4. The Kier molecular flexibility index (Phi) is 8.17. The minimum atomic E-state index is -0.130. The van der Waals surface area contributed by atoms with Crippen molar-refractivity contribution in [2.24, 2.45) is 0 Å². The van der Waals surface area contributed by atoms with Crippen molar-refractivity contribution in [1.29, 1.82) is 0 Å². The van der Waals surface area contributed by atoms with Crippen LogP contribution in [-0.2, 0) is 16.0 Å². The van der Waals surface area contributed by atoms with Gasteiger partial charge in [0.1, 0.15) is 0 Å². The molecule has 4 heteroatoms. The Balaban J connectivity index is 2.18. The first-order chi connectivity index (χ1) is 10.1. The quantitative estimate of drug-likeness (QED) is 0.686. The van der Waals surface area contributed by atoms with Gasteiger partial charge in [0.2, 0.25) is 11.8 Å². The Labute approximate surface area is 127 Å². The van der Waals surface area contributed by atoms with Gasteiger partial charge in [0.05, 0.1) is 13.0 Å². The van der Waals surface area contributed by atoms with Crippen LogP contribution in [0.4, 0.5) is 0 Å². The van der Waals surface area contributed by atoms with Gasteiger partial charge in [-0.1, -0.05) is 56.5 Å². The second kappa shape index (κ2) is 9.97. The number of hydrogen-bond donors (Lipinski definition) is 2. The highest BCUT2D eigenvalue weighted by atomic mass is 16.2. The minimum absolute atomic E-state index is 0.0454. The molecule has 1 unspecified atom stereocenters. The van der Waals surface area contributed by atoms with Gasteiger partial charge in [0, 0.05) is 6.04 Å². The normalized spacial score (nSPS) is 11.7. The zero-order chi connectivity index (χ0) is 15.5. The summed E-state index contributed by atoms with van der Waals surface area (Å²) in [5, 5.41) is 5.56. The van der Waals surface area contributed by atoms with Crippen LogP contribution in [0.5, 0.6) is 0 Å². The topological polar surface area (TPSA) is 58.2 Å². The second-order valence-corrected chi connectivity index (χ2v) is 5.40. The van der Waals surface area contributed by atoms with Crippen molar-refractivity contribution in [2.75, 3.05) is 6.54 Å². The molecule has 1 atom stereocenters. The van der Waals surface area contributed by atoms with E-state index in [1.165, 1.54) is 12.8 Å². The average molecular weight is 290 g/mol. The average Bonchev–Trinajstić information content (AvgIpc) is 2.46. The van der Waals surface area contributed by atoms with E-state index in [0.717, 1.165) is 18.4 Å². The maximum atomic E-state index is 11.7. The zero-order valence-corrected chi connectivity index (χ0v) is 13.0. The Bertz CT molecular complexity index is 432. The van der Waals surface area contributed by atoms with E-state index in [4.69, 9.17) is 0 Å². The van der Waals surface area contributed by atoms with Gasteiger partial charge in [-0.15, -0.1) is 0 Å². The molecule has 4 nitrogen and oxygen atoms in total. The molecule has 0 bridgehead atoms. The molecule has 0 fully saturated rings. The number of nitrogens with one attached hydrogen (secondary N) is 2. The van der Waals surface area contributed by atoms with E-state index < -0.39 is 0 Å². The van der Waals surface area contributed by atoms with Crippen molar-refractivity contribution in [3.8, 4) is 0 Å². The lowest BCUT2D eigenvalue weighted by atomic mass is 10.1. The van der Waals surface area contributed by atoms with Crippen LogP contribution in [0, 0.1) is 0 Å². The molecule has 0 saturated carbocycles. The van der Waals surface area contributed by atoms with Gasteiger partial charge in [-0.25, -0.2) is 0 Å². The van der Waals surface area contributed by atoms with E-state index in [0.29, 0.717) is 6.42 Å². The molecule has 0 spiro atoms. The second-order valence-electron chi connectivity index (χ2n) is 5.40. The Morgan fingerprint density at radius 2 is 1.81 bits per heavy atom. The van der Waals surface area contributed by atoms with Crippen LogP contribution in [0.1, 0.15) is 45.1 Å². The lowest BCUT2D eigenvalue weighted by Gasteiger charge is -2.14. The molecule has 2 N–H and O–H groups in total. The molecule has 0 aromatic heterocycles. The summed E-state index contributed by atoms with van der Waals surface area (Å²) in [6.07, 6.45) is 4.78. The van der Waals surface area contributed by atoms with Crippen molar-refractivity contribution in [3.05, 3.63) is 35.9 Å². The molecule has 0 heterocycles. The van der Waals surface area contributed by atoms with Gasteiger partial charge in [0.25, 0.3) is 0 Å². The maximum absolute atomic E-state index is 11.7. The molecule has 0 aliphatic rings. The van der Waals surface area contributed by atoms with Gasteiger partial charge in [-0.2, -0.15) is 0 Å². The SMILES string of the molecule is CCCCCC(C)NC(=O)CNC(=O)Cc1ccccc1. The summed E-state index contributed by atoms with van der Waals surface area (Å²) in [5.41, 5.74) is 0.948. The summed E-state index contributed by atoms with van der Waals surface area (Å²) in [5.74, 6) is -0.254. The van der Waals surface area contributed by atoms with Gasteiger partial charge in [-0.05, 0) is 18.9 Å². The van der Waals surface area contributed by atoms with Crippen molar-refractivity contribution in [1.82, 2.24) is 10.6 Å². The number of hydrogen-bond acceptors (Lipinski definition) is 2. The summed E-state index contributed by atoms with van der Waals surface area (Å²) >= 11 is 0. The van der Waals surface area contributed by atoms with Crippen molar-refractivity contribution >= 4 is 11.8 Å². The van der Waals surface area contributed by atoms with Crippen LogP contribution in [0.15, 0.2) is 30.3 Å². The smallest absolute Gasteiger partial charge is 0.239 e. The van der Waals surface area contributed by atoms with Gasteiger partial charge in [-0.3, -0.25) is 9.59 Å². The molecule has 0 saturated heterocycles. The van der Waals surface area contributed by atoms with E-state index in [-0.39, 0.29) is 24.4 Å². The largest absolute Gasteiger partial charge is 0.352 e. The monoisotopic (exact) mass is 290 g/mol. The molecule has 21 heavy (non-hydrogen) atoms. The van der Waals surface area contributed by atoms with Crippen molar-refractivity contribution in [3.63, 3.8) is 0 Å². The first kappa shape index (κ1) is 17.2. The Morgan fingerprint density at radius 1 is 1.10 bits per heavy atom. The molecule has 116 valence electrons. The fourth-order valence-corrected chi connectivity index (χ4v) is 2.12. The molecule has 0 radical (unpaired) electrons. The Hall–Kier alpha value is -1.84. The number of benzene rings is 1. The van der Waals surface area contributed by atoms with Crippen LogP contribution in [-0.4, -0.2) is 24.4 Å². The summed E-state index contributed by atoms with van der Waals surface area (Å²) in [6.45, 7) is 4.20. The zero-order valence-electron chi connectivity index (χ0n) is 13.0. The predicted octanol–water partition coefficient (Wildman–Crippen LogP) is 2.43. The predicted molar refractivity (Wildman–Crippen MR) is 84.9 cm³/mol. The van der Waals surface area contributed by atoms with E-state index in [1.54, 1.807) is 0 Å². The third kappa shape index (κ3) is 8.12. The highest BCUT2D eigenvalue weighted by molar-refractivity contribution is 5.85. The molecule has 1 rings (SSSR count). The van der Waals surface area contributed by atoms with E-state index in [1.807, 2.05) is 37.3 Å². The minimum Gasteiger partial charge on any atom is -0.352 e. The molecule has 1 aromatic carbocycles. The third-order valence-corrected chi connectivity index (χ3v) is 3.30. The highest BCUT2D eigenvalue weighted by Crippen LogP contribution is 2.02. The Morgan fingerprint density at radius 3 is 2.48 bits per heavy atom. The first-order valence-electron chi connectivity index (χ1n) is 7.71. The van der Waals surface area contributed by atoms with Crippen LogP contribution in [0.3, 0.4) is 0 Å². The van der Waals surface area contributed by atoms with Crippen LogP contribution < -0.4 is 10.6 Å². The molecule has 2 amide bonds. The number of amides is 2. The lowest BCUT2D eigenvalue weighted by molar-refractivity contribution is -0.126. The fourth-order valence-electron chi connectivity index (χ4n) is 2.12. The summed E-state index contributed by atoms with van der Waals surface area (Å²) in [6, 6.07) is 9.66. The standard InChI is InChI=1S/C17H26N2O2/c1-3-4-6-9-14(2)19-17(21)13-18-16(20)12-15-10-7-5-8-11-15/h5,7-8,10-11,14H,3-4,6,9,12-13H2,1-2H3,(H,18,20)(H,19,21). The van der Waals surface area contributed by atoms with Gasteiger partial charge >= 0.3 is 0 Å². The number of rotatable bonds is 9. The van der Waals surface area contributed by atoms with Gasteiger partial charge in [0.15, 0.2) is 0 Å². The van der Waals surface area contributed by atoms with Crippen molar-refractivity contribution in [2.45, 2.75) is 52.0 Å². The molecular weight excluding hydrogens is 264 g/mol. The van der Waals surface area contributed by atoms with E-state index in [2.05, 4.69) is 17.6 Å². The van der Waals surface area contributed by atoms with Crippen LogP contribution in [0.25, 0.3) is 0 Å². The summed E-state index contributed by atoms with van der Waals surface area (Å²) < 4.78 is 0. The van der Waals surface area contributed by atoms with Crippen molar-refractivity contribution < 1.29 is 9.59 Å².